The maximum atomic E-state index is 12.1. The van der Waals surface area contributed by atoms with E-state index in [2.05, 4.69) is 9.64 Å². The van der Waals surface area contributed by atoms with Crippen LogP contribution >= 0.6 is 0 Å². The van der Waals surface area contributed by atoms with Crippen molar-refractivity contribution in [3.8, 4) is 5.75 Å². The zero-order chi connectivity index (χ0) is 14.6. The number of halogens is 3. The summed E-state index contributed by atoms with van der Waals surface area (Å²) in [6.07, 6.45) is -1.31. The Morgan fingerprint density at radius 1 is 1.10 bits per heavy atom. The van der Waals surface area contributed by atoms with E-state index in [1.807, 2.05) is 0 Å². The molecule has 1 aromatic rings. The van der Waals surface area contributed by atoms with E-state index in [9.17, 15) is 18.3 Å². The van der Waals surface area contributed by atoms with Crippen molar-refractivity contribution in [2.45, 2.75) is 31.7 Å². The zero-order valence-electron chi connectivity index (χ0n) is 11.1. The summed E-state index contributed by atoms with van der Waals surface area (Å²) in [5.41, 5.74) is 0.809. The molecular weight excluding hydrogens is 271 g/mol. The first-order valence-electron chi connectivity index (χ1n) is 6.70. The lowest BCUT2D eigenvalue weighted by Crippen LogP contribution is -2.35. The molecule has 0 unspecified atom stereocenters. The van der Waals surface area contributed by atoms with Crippen molar-refractivity contribution in [1.29, 1.82) is 0 Å². The number of hydrogen-bond acceptors (Lipinski definition) is 3. The molecule has 6 heteroatoms. The van der Waals surface area contributed by atoms with Crippen molar-refractivity contribution < 1.29 is 23.0 Å². The normalized spacial score (nSPS) is 18.8. The lowest BCUT2D eigenvalue weighted by Gasteiger charge is -2.33. The second kappa shape index (κ2) is 6.45. The number of aliphatic hydroxyl groups is 1. The van der Waals surface area contributed by atoms with Gasteiger partial charge in [-0.25, -0.2) is 0 Å². The van der Waals surface area contributed by atoms with Gasteiger partial charge in [0.25, 0.3) is 0 Å². The topological polar surface area (TPSA) is 32.7 Å². The van der Waals surface area contributed by atoms with Gasteiger partial charge in [0.15, 0.2) is 0 Å². The SMILES string of the molecule is OC[C@H](c1ccc(OC(F)(F)F)cc1)N1CCCCC1. The molecule has 1 heterocycles. The predicted molar refractivity (Wildman–Crippen MR) is 68.4 cm³/mol. The minimum atomic E-state index is -4.68. The van der Waals surface area contributed by atoms with Crippen LogP contribution in [0.3, 0.4) is 0 Å². The summed E-state index contributed by atoms with van der Waals surface area (Å²) >= 11 is 0. The molecule has 1 saturated heterocycles. The first-order chi connectivity index (χ1) is 9.49. The fourth-order valence-electron chi connectivity index (χ4n) is 2.55. The smallest absolute Gasteiger partial charge is 0.406 e. The minimum absolute atomic E-state index is 0.0422. The summed E-state index contributed by atoms with van der Waals surface area (Å²) in [6.45, 7) is 1.78. The van der Waals surface area contributed by atoms with Gasteiger partial charge >= 0.3 is 6.36 Å². The number of alkyl halides is 3. The number of piperidine rings is 1. The molecule has 20 heavy (non-hydrogen) atoms. The average molecular weight is 289 g/mol. The Morgan fingerprint density at radius 2 is 1.70 bits per heavy atom. The molecule has 112 valence electrons. The second-order valence-electron chi connectivity index (χ2n) is 4.91. The summed E-state index contributed by atoms with van der Waals surface area (Å²) in [6, 6.07) is 5.58. The van der Waals surface area contributed by atoms with Gasteiger partial charge in [0.1, 0.15) is 5.75 Å². The highest BCUT2D eigenvalue weighted by Crippen LogP contribution is 2.28. The lowest BCUT2D eigenvalue weighted by atomic mass is 10.0. The van der Waals surface area contributed by atoms with Crippen LogP contribution in [0.25, 0.3) is 0 Å². The summed E-state index contributed by atoms with van der Waals surface area (Å²) in [5, 5.41) is 9.53. The zero-order valence-corrected chi connectivity index (χ0v) is 11.1. The largest absolute Gasteiger partial charge is 0.573 e. The van der Waals surface area contributed by atoms with Crippen LogP contribution in [0.15, 0.2) is 24.3 Å². The number of ether oxygens (including phenoxy) is 1. The van der Waals surface area contributed by atoms with E-state index in [4.69, 9.17) is 0 Å². The Morgan fingerprint density at radius 3 is 2.20 bits per heavy atom. The molecule has 0 aromatic heterocycles. The third kappa shape index (κ3) is 4.11. The standard InChI is InChI=1S/C14H18F3NO2/c15-14(16,17)20-12-6-4-11(5-7-12)13(10-19)18-8-2-1-3-9-18/h4-7,13,19H,1-3,8-10H2/t13-/m1/s1. The average Bonchev–Trinajstić information content (AvgIpc) is 2.41. The third-order valence-electron chi connectivity index (χ3n) is 3.50. The van der Waals surface area contributed by atoms with E-state index in [1.54, 1.807) is 12.1 Å². The predicted octanol–water partition coefficient (Wildman–Crippen LogP) is 3.10. The monoisotopic (exact) mass is 289 g/mol. The van der Waals surface area contributed by atoms with E-state index in [1.165, 1.54) is 18.6 Å². The summed E-state index contributed by atoms with van der Waals surface area (Å²) in [5.74, 6) is -0.239. The van der Waals surface area contributed by atoms with Crippen LogP contribution in [0.1, 0.15) is 30.9 Å². The van der Waals surface area contributed by atoms with Crippen molar-refractivity contribution in [3.05, 3.63) is 29.8 Å². The van der Waals surface area contributed by atoms with Crippen molar-refractivity contribution in [1.82, 2.24) is 4.90 Å². The Balaban J connectivity index is 2.06. The molecule has 1 aliphatic heterocycles. The van der Waals surface area contributed by atoms with Crippen LogP contribution in [-0.4, -0.2) is 36.1 Å². The van der Waals surface area contributed by atoms with Crippen LogP contribution in [-0.2, 0) is 0 Å². The molecule has 0 radical (unpaired) electrons. The highest BCUT2D eigenvalue weighted by atomic mass is 19.4. The van der Waals surface area contributed by atoms with Crippen LogP contribution in [0.4, 0.5) is 13.2 Å². The van der Waals surface area contributed by atoms with E-state index in [0.29, 0.717) is 0 Å². The van der Waals surface area contributed by atoms with Gasteiger partial charge in [-0.3, -0.25) is 4.90 Å². The van der Waals surface area contributed by atoms with E-state index >= 15 is 0 Å². The lowest BCUT2D eigenvalue weighted by molar-refractivity contribution is -0.274. The van der Waals surface area contributed by atoms with E-state index in [0.717, 1.165) is 31.5 Å². The number of hydrogen-bond donors (Lipinski definition) is 1. The first-order valence-corrected chi connectivity index (χ1v) is 6.70. The Labute approximate surface area is 116 Å². The quantitative estimate of drug-likeness (QED) is 0.924. The van der Waals surface area contributed by atoms with Crippen molar-refractivity contribution in [2.24, 2.45) is 0 Å². The molecule has 1 aromatic carbocycles. The Hall–Kier alpha value is -1.27. The van der Waals surface area contributed by atoms with Gasteiger partial charge in [-0.2, -0.15) is 0 Å². The van der Waals surface area contributed by atoms with Gasteiger partial charge < -0.3 is 9.84 Å². The van der Waals surface area contributed by atoms with Gasteiger partial charge in [-0.1, -0.05) is 18.6 Å². The van der Waals surface area contributed by atoms with Gasteiger partial charge in [0.2, 0.25) is 0 Å². The molecule has 0 saturated carbocycles. The molecule has 1 N–H and O–H groups in total. The van der Waals surface area contributed by atoms with Crippen LogP contribution in [0.2, 0.25) is 0 Å². The summed E-state index contributed by atoms with van der Waals surface area (Å²) < 4.78 is 40.1. The molecule has 3 nitrogen and oxygen atoms in total. The van der Waals surface area contributed by atoms with Crippen molar-refractivity contribution in [3.63, 3.8) is 0 Å². The maximum Gasteiger partial charge on any atom is 0.573 e. The molecule has 0 spiro atoms. The molecule has 1 atom stereocenters. The van der Waals surface area contributed by atoms with Crippen LogP contribution in [0.5, 0.6) is 5.75 Å². The van der Waals surface area contributed by atoms with E-state index < -0.39 is 6.36 Å². The number of likely N-dealkylation sites (tertiary alicyclic amines) is 1. The third-order valence-corrected chi connectivity index (χ3v) is 3.50. The van der Waals surface area contributed by atoms with Crippen molar-refractivity contribution in [2.75, 3.05) is 19.7 Å². The highest BCUT2D eigenvalue weighted by molar-refractivity contribution is 5.29. The Kier molecular flexibility index (Phi) is 4.88. The van der Waals surface area contributed by atoms with Gasteiger partial charge in [0.05, 0.1) is 12.6 Å². The fourth-order valence-corrected chi connectivity index (χ4v) is 2.55. The number of benzene rings is 1. The fraction of sp³-hybridized carbons (Fsp3) is 0.571. The Bertz CT molecular complexity index is 413. The summed E-state index contributed by atoms with van der Waals surface area (Å²) in [7, 11) is 0. The highest BCUT2D eigenvalue weighted by Gasteiger charge is 2.31. The molecular formula is C14H18F3NO2. The van der Waals surface area contributed by atoms with Crippen LogP contribution in [0, 0.1) is 0 Å². The van der Waals surface area contributed by atoms with Gasteiger partial charge in [0, 0.05) is 0 Å². The number of nitrogens with zero attached hydrogens (tertiary/aromatic N) is 1. The molecule has 1 aliphatic rings. The molecule has 1 fully saturated rings. The minimum Gasteiger partial charge on any atom is -0.406 e. The number of aliphatic hydroxyl groups excluding tert-OH is 1. The van der Waals surface area contributed by atoms with E-state index in [-0.39, 0.29) is 18.4 Å². The van der Waals surface area contributed by atoms with Crippen molar-refractivity contribution >= 4 is 0 Å². The maximum absolute atomic E-state index is 12.1. The second-order valence-corrected chi connectivity index (χ2v) is 4.91. The first kappa shape index (κ1) is 15.1. The van der Waals surface area contributed by atoms with Gasteiger partial charge in [-0.05, 0) is 43.6 Å². The summed E-state index contributed by atoms with van der Waals surface area (Å²) in [4.78, 5) is 2.17. The van der Waals surface area contributed by atoms with Gasteiger partial charge in [-0.15, -0.1) is 13.2 Å². The molecule has 0 amide bonds. The molecule has 0 bridgehead atoms. The number of rotatable bonds is 4. The van der Waals surface area contributed by atoms with Crippen LogP contribution < -0.4 is 4.74 Å². The molecule has 0 aliphatic carbocycles. The molecule has 2 rings (SSSR count).